The number of carbonyl (C=O) groups is 2. The van der Waals surface area contributed by atoms with Crippen LogP contribution in [0.4, 0.5) is 0 Å². The van der Waals surface area contributed by atoms with E-state index in [1.165, 1.54) is 12.1 Å². The Morgan fingerprint density at radius 2 is 2.17 bits per heavy atom. The maximum absolute atomic E-state index is 11.9. The summed E-state index contributed by atoms with van der Waals surface area (Å²) in [5.41, 5.74) is 0.930. The first-order valence-corrected chi connectivity index (χ1v) is 5.73. The van der Waals surface area contributed by atoms with E-state index in [1.807, 2.05) is 0 Å². The third-order valence-electron chi connectivity index (χ3n) is 3.06. The van der Waals surface area contributed by atoms with Crippen LogP contribution < -0.4 is 0 Å². The van der Waals surface area contributed by atoms with E-state index in [4.69, 9.17) is 9.84 Å². The van der Waals surface area contributed by atoms with E-state index >= 15 is 0 Å². The van der Waals surface area contributed by atoms with Gasteiger partial charge in [0.05, 0.1) is 18.1 Å². The molecule has 1 aromatic rings. The highest BCUT2D eigenvalue weighted by Gasteiger charge is 2.30. The number of likely N-dealkylation sites (tertiary alicyclic amines) is 1. The van der Waals surface area contributed by atoms with Gasteiger partial charge in [0.2, 0.25) is 5.91 Å². The zero-order valence-electron chi connectivity index (χ0n) is 10.1. The molecule has 1 N–H and O–H groups in total. The molecule has 0 aliphatic carbocycles. The van der Waals surface area contributed by atoms with Crippen LogP contribution in [0.2, 0.25) is 0 Å². The Labute approximate surface area is 105 Å². The lowest BCUT2D eigenvalue weighted by molar-refractivity contribution is -0.142. The fourth-order valence-electron chi connectivity index (χ4n) is 1.89. The van der Waals surface area contributed by atoms with Crippen molar-refractivity contribution >= 4 is 11.9 Å². The van der Waals surface area contributed by atoms with Gasteiger partial charge in [-0.15, -0.1) is 0 Å². The molecule has 2 rings (SSSR count). The van der Waals surface area contributed by atoms with E-state index in [1.54, 1.807) is 24.1 Å². The Balaban J connectivity index is 1.95. The highest BCUT2D eigenvalue weighted by Crippen LogP contribution is 2.14. The molecule has 0 bridgehead atoms. The summed E-state index contributed by atoms with van der Waals surface area (Å²) in [6.07, 6.45) is 0.372. The summed E-state index contributed by atoms with van der Waals surface area (Å²) in [5, 5.41) is 8.86. The van der Waals surface area contributed by atoms with E-state index in [0.717, 1.165) is 5.56 Å². The average Bonchev–Trinajstić information content (AvgIpc) is 2.27. The molecule has 1 fully saturated rings. The predicted molar refractivity (Wildman–Crippen MR) is 64.5 cm³/mol. The van der Waals surface area contributed by atoms with Crippen LogP contribution in [0.5, 0.6) is 0 Å². The number of amides is 1. The van der Waals surface area contributed by atoms with Gasteiger partial charge in [0, 0.05) is 20.2 Å². The molecule has 0 aromatic heterocycles. The van der Waals surface area contributed by atoms with Crippen molar-refractivity contribution < 1.29 is 19.4 Å². The molecular formula is C13H15NO4. The second-order valence-corrected chi connectivity index (χ2v) is 4.34. The number of carboxylic acids is 1. The van der Waals surface area contributed by atoms with Crippen molar-refractivity contribution in [3.05, 3.63) is 35.4 Å². The molecule has 1 aromatic carbocycles. The van der Waals surface area contributed by atoms with Crippen LogP contribution in [0.1, 0.15) is 15.9 Å². The minimum absolute atomic E-state index is 0.00541. The van der Waals surface area contributed by atoms with Crippen LogP contribution in [0.3, 0.4) is 0 Å². The molecule has 18 heavy (non-hydrogen) atoms. The van der Waals surface area contributed by atoms with Gasteiger partial charge in [0.25, 0.3) is 0 Å². The van der Waals surface area contributed by atoms with E-state index < -0.39 is 5.97 Å². The van der Waals surface area contributed by atoms with Crippen molar-refractivity contribution in [3.8, 4) is 0 Å². The molecule has 0 unspecified atom stereocenters. The molecule has 0 spiro atoms. The number of aromatic carboxylic acids is 1. The van der Waals surface area contributed by atoms with Crippen molar-refractivity contribution in [2.75, 3.05) is 20.2 Å². The van der Waals surface area contributed by atoms with Crippen LogP contribution in [-0.4, -0.2) is 48.2 Å². The maximum Gasteiger partial charge on any atom is 0.335 e. The molecule has 1 saturated heterocycles. The molecule has 1 aliphatic rings. The molecule has 1 amide bonds. The van der Waals surface area contributed by atoms with E-state index in [9.17, 15) is 9.59 Å². The van der Waals surface area contributed by atoms with Crippen molar-refractivity contribution in [3.63, 3.8) is 0 Å². The Morgan fingerprint density at radius 3 is 2.78 bits per heavy atom. The van der Waals surface area contributed by atoms with Gasteiger partial charge in [0.1, 0.15) is 0 Å². The van der Waals surface area contributed by atoms with Crippen molar-refractivity contribution in [2.24, 2.45) is 0 Å². The Hall–Kier alpha value is -1.88. The van der Waals surface area contributed by atoms with Crippen LogP contribution >= 0.6 is 0 Å². The summed E-state index contributed by atoms with van der Waals surface area (Å²) in [6, 6.07) is 6.47. The first-order valence-electron chi connectivity index (χ1n) is 5.73. The SMILES string of the molecule is COC1CN(C(=O)Cc2cccc(C(=O)O)c2)C1. The number of rotatable bonds is 4. The minimum Gasteiger partial charge on any atom is -0.478 e. The van der Waals surface area contributed by atoms with Crippen molar-refractivity contribution in [1.29, 1.82) is 0 Å². The number of nitrogens with zero attached hydrogens (tertiary/aromatic N) is 1. The third-order valence-corrected chi connectivity index (χ3v) is 3.06. The number of carbonyl (C=O) groups excluding carboxylic acids is 1. The van der Waals surface area contributed by atoms with E-state index in [2.05, 4.69) is 0 Å². The molecule has 5 nitrogen and oxygen atoms in total. The van der Waals surface area contributed by atoms with Crippen molar-refractivity contribution in [2.45, 2.75) is 12.5 Å². The zero-order valence-corrected chi connectivity index (χ0v) is 10.1. The molecule has 0 atom stereocenters. The fraction of sp³-hybridized carbons (Fsp3) is 0.385. The number of hydrogen-bond donors (Lipinski definition) is 1. The first kappa shape index (κ1) is 12.6. The van der Waals surface area contributed by atoms with Gasteiger partial charge in [-0.3, -0.25) is 4.79 Å². The summed E-state index contributed by atoms with van der Waals surface area (Å²) in [4.78, 5) is 24.4. The number of carboxylic acid groups (broad SMARTS) is 1. The highest BCUT2D eigenvalue weighted by atomic mass is 16.5. The normalized spacial score (nSPS) is 15.3. The third kappa shape index (κ3) is 2.68. The largest absolute Gasteiger partial charge is 0.478 e. The molecule has 0 saturated carbocycles. The summed E-state index contributed by atoms with van der Waals surface area (Å²) in [5.74, 6) is -0.974. The number of benzene rings is 1. The van der Waals surface area contributed by atoms with E-state index in [0.29, 0.717) is 13.1 Å². The minimum atomic E-state index is -0.979. The smallest absolute Gasteiger partial charge is 0.335 e. The fourth-order valence-corrected chi connectivity index (χ4v) is 1.89. The zero-order chi connectivity index (χ0) is 13.1. The van der Waals surface area contributed by atoms with E-state index in [-0.39, 0.29) is 24.0 Å². The lowest BCUT2D eigenvalue weighted by atomic mass is 10.1. The van der Waals surface area contributed by atoms with Crippen molar-refractivity contribution in [1.82, 2.24) is 4.90 Å². The molecule has 0 radical (unpaired) electrons. The Morgan fingerprint density at radius 1 is 1.44 bits per heavy atom. The van der Waals surface area contributed by atoms with Crippen LogP contribution in [-0.2, 0) is 16.0 Å². The predicted octanol–water partition coefficient (Wildman–Crippen LogP) is 0.784. The lowest BCUT2D eigenvalue weighted by Crippen LogP contribution is -2.54. The van der Waals surface area contributed by atoms with Gasteiger partial charge in [-0.2, -0.15) is 0 Å². The second kappa shape index (κ2) is 5.18. The van der Waals surface area contributed by atoms with Crippen LogP contribution in [0.15, 0.2) is 24.3 Å². The average molecular weight is 249 g/mol. The summed E-state index contributed by atoms with van der Waals surface area (Å²) in [6.45, 7) is 1.24. The maximum atomic E-state index is 11.9. The molecule has 5 heteroatoms. The molecular weight excluding hydrogens is 234 g/mol. The van der Waals surface area contributed by atoms with Gasteiger partial charge in [-0.05, 0) is 17.7 Å². The van der Waals surface area contributed by atoms with Gasteiger partial charge in [-0.1, -0.05) is 12.1 Å². The highest BCUT2D eigenvalue weighted by molar-refractivity contribution is 5.88. The topological polar surface area (TPSA) is 66.8 Å². The summed E-state index contributed by atoms with van der Waals surface area (Å²) >= 11 is 0. The van der Waals surface area contributed by atoms with Gasteiger partial charge >= 0.3 is 5.97 Å². The monoisotopic (exact) mass is 249 g/mol. The van der Waals surface area contributed by atoms with Gasteiger partial charge < -0.3 is 14.7 Å². The Bertz CT molecular complexity index is 466. The van der Waals surface area contributed by atoms with Crippen LogP contribution in [0, 0.1) is 0 Å². The molecule has 1 heterocycles. The standard InChI is InChI=1S/C13H15NO4/c1-18-11-7-14(8-11)12(15)6-9-3-2-4-10(5-9)13(16)17/h2-5,11H,6-8H2,1H3,(H,16,17). The lowest BCUT2D eigenvalue weighted by Gasteiger charge is -2.38. The first-order chi connectivity index (χ1) is 8.60. The number of methoxy groups -OCH3 is 1. The molecule has 1 aliphatic heterocycles. The quantitative estimate of drug-likeness (QED) is 0.856. The second-order valence-electron chi connectivity index (χ2n) is 4.34. The summed E-state index contributed by atoms with van der Waals surface area (Å²) in [7, 11) is 1.63. The Kier molecular flexibility index (Phi) is 3.62. The summed E-state index contributed by atoms with van der Waals surface area (Å²) < 4.78 is 5.10. The molecule has 96 valence electrons. The van der Waals surface area contributed by atoms with Gasteiger partial charge in [-0.25, -0.2) is 4.79 Å². The number of ether oxygens (including phenoxy) is 1. The van der Waals surface area contributed by atoms with Gasteiger partial charge in [0.15, 0.2) is 0 Å². The van der Waals surface area contributed by atoms with Crippen LogP contribution in [0.25, 0.3) is 0 Å². The number of hydrogen-bond acceptors (Lipinski definition) is 3.